The van der Waals surface area contributed by atoms with E-state index in [1.165, 1.54) is 25.1 Å². The fraction of sp³-hybridized carbons (Fsp3) is 0.455. The van der Waals surface area contributed by atoms with Crippen LogP contribution in [-0.4, -0.2) is 17.5 Å². The van der Waals surface area contributed by atoms with Crippen molar-refractivity contribution in [2.24, 2.45) is 11.7 Å². The van der Waals surface area contributed by atoms with Gasteiger partial charge in [-0.2, -0.15) is 0 Å². The monoisotopic (exact) mass is 368 g/mol. The van der Waals surface area contributed by atoms with Crippen molar-refractivity contribution in [3.05, 3.63) is 65.7 Å². The highest BCUT2D eigenvalue weighted by Gasteiger charge is 2.49. The summed E-state index contributed by atoms with van der Waals surface area (Å²) in [6, 6.07) is 12.9. The van der Waals surface area contributed by atoms with E-state index in [1.54, 1.807) is 6.07 Å². The number of amides is 1. The SMILES string of the molecule is NC(=O)[C@]1(c2ccccc2)CC[C@](OCC2CC2)(c2ccc(F)cn2)CC1. The molecule has 0 radical (unpaired) electrons. The van der Waals surface area contributed by atoms with Gasteiger partial charge >= 0.3 is 0 Å². The predicted molar refractivity (Wildman–Crippen MR) is 100 cm³/mol. The highest BCUT2D eigenvalue weighted by Crippen LogP contribution is 2.49. The molecule has 2 aromatic rings. The van der Waals surface area contributed by atoms with Crippen molar-refractivity contribution < 1.29 is 13.9 Å². The predicted octanol–water partition coefficient (Wildman–Crippen LogP) is 3.84. The Morgan fingerprint density at radius 2 is 1.81 bits per heavy atom. The maximum Gasteiger partial charge on any atom is 0.228 e. The Bertz CT molecular complexity index is 795. The third kappa shape index (κ3) is 3.48. The second-order valence-electron chi connectivity index (χ2n) is 7.92. The number of nitrogens with two attached hydrogens (primary N) is 1. The van der Waals surface area contributed by atoms with Crippen LogP contribution in [0.3, 0.4) is 0 Å². The lowest BCUT2D eigenvalue weighted by Gasteiger charge is -2.45. The summed E-state index contributed by atoms with van der Waals surface area (Å²) < 4.78 is 19.8. The van der Waals surface area contributed by atoms with Crippen molar-refractivity contribution in [3.8, 4) is 0 Å². The van der Waals surface area contributed by atoms with Crippen molar-refractivity contribution in [2.45, 2.75) is 49.5 Å². The number of carbonyl (C=O) groups is 1. The second kappa shape index (κ2) is 7.04. The van der Waals surface area contributed by atoms with Crippen LogP contribution in [0.2, 0.25) is 0 Å². The fourth-order valence-corrected chi connectivity index (χ4v) is 4.20. The Morgan fingerprint density at radius 3 is 2.37 bits per heavy atom. The first-order chi connectivity index (χ1) is 13.0. The summed E-state index contributed by atoms with van der Waals surface area (Å²) in [5.41, 5.74) is 6.31. The number of halogens is 1. The molecule has 1 aromatic heterocycles. The number of pyridine rings is 1. The van der Waals surface area contributed by atoms with E-state index >= 15 is 0 Å². The quantitative estimate of drug-likeness (QED) is 0.842. The van der Waals surface area contributed by atoms with Gasteiger partial charge in [0, 0.05) is 0 Å². The van der Waals surface area contributed by atoms with Crippen LogP contribution >= 0.6 is 0 Å². The summed E-state index contributed by atoms with van der Waals surface area (Å²) in [6.45, 7) is 0.688. The van der Waals surface area contributed by atoms with Gasteiger partial charge in [0.2, 0.25) is 5.91 Å². The first-order valence-corrected chi connectivity index (χ1v) is 9.66. The van der Waals surface area contributed by atoms with Gasteiger partial charge in [-0.3, -0.25) is 9.78 Å². The lowest BCUT2D eigenvalue weighted by atomic mass is 9.64. The zero-order valence-electron chi connectivity index (χ0n) is 15.4. The Labute approximate surface area is 158 Å². The van der Waals surface area contributed by atoms with Crippen molar-refractivity contribution in [2.75, 3.05) is 6.61 Å². The maximum absolute atomic E-state index is 13.4. The van der Waals surface area contributed by atoms with Crippen LogP contribution in [0.15, 0.2) is 48.7 Å². The Kier molecular flexibility index (Phi) is 4.72. The van der Waals surface area contributed by atoms with Crippen LogP contribution in [-0.2, 0) is 20.5 Å². The van der Waals surface area contributed by atoms with E-state index in [9.17, 15) is 9.18 Å². The second-order valence-corrected chi connectivity index (χ2v) is 7.92. The summed E-state index contributed by atoms with van der Waals surface area (Å²) in [7, 11) is 0. The lowest BCUT2D eigenvalue weighted by molar-refractivity contribution is -0.132. The Balaban J connectivity index is 1.63. The van der Waals surface area contributed by atoms with E-state index in [-0.39, 0.29) is 11.7 Å². The standard InChI is InChI=1S/C22H25FN2O2/c23-18-8-9-19(25-14-18)22(27-15-16-6-7-16)12-10-21(11-13-22,20(24)26)17-4-2-1-3-5-17/h1-5,8-9,14,16H,6-7,10-13,15H2,(H2,24,26)/t21-,22-. The number of benzene rings is 1. The Morgan fingerprint density at radius 1 is 1.11 bits per heavy atom. The van der Waals surface area contributed by atoms with Crippen LogP contribution < -0.4 is 5.73 Å². The molecule has 4 rings (SSSR count). The minimum atomic E-state index is -0.687. The van der Waals surface area contributed by atoms with E-state index < -0.39 is 11.0 Å². The molecular weight excluding hydrogens is 343 g/mol. The molecule has 1 amide bonds. The molecule has 0 spiro atoms. The van der Waals surface area contributed by atoms with Gasteiger partial charge < -0.3 is 10.5 Å². The maximum atomic E-state index is 13.4. The molecule has 0 aliphatic heterocycles. The van der Waals surface area contributed by atoms with Crippen LogP contribution in [0.25, 0.3) is 0 Å². The molecule has 2 aliphatic rings. The van der Waals surface area contributed by atoms with Crippen molar-refractivity contribution in [1.29, 1.82) is 0 Å². The summed E-state index contributed by atoms with van der Waals surface area (Å²) in [6.07, 6.45) is 6.09. The third-order valence-electron chi connectivity index (χ3n) is 6.20. The first kappa shape index (κ1) is 18.1. The molecule has 2 aliphatic carbocycles. The molecule has 0 saturated heterocycles. The lowest BCUT2D eigenvalue weighted by Crippen LogP contribution is -2.49. The highest BCUT2D eigenvalue weighted by molar-refractivity contribution is 5.86. The van der Waals surface area contributed by atoms with E-state index in [0.29, 0.717) is 38.2 Å². The average Bonchev–Trinajstić information content (AvgIpc) is 3.52. The summed E-state index contributed by atoms with van der Waals surface area (Å²) in [5.74, 6) is -0.0431. The van der Waals surface area contributed by atoms with Gasteiger partial charge in [-0.25, -0.2) is 4.39 Å². The number of hydrogen-bond donors (Lipinski definition) is 1. The molecule has 5 heteroatoms. The van der Waals surface area contributed by atoms with Gasteiger partial charge in [-0.05, 0) is 62.1 Å². The fourth-order valence-electron chi connectivity index (χ4n) is 4.20. The van der Waals surface area contributed by atoms with Crippen LogP contribution in [0.5, 0.6) is 0 Å². The van der Waals surface area contributed by atoms with Crippen molar-refractivity contribution in [1.82, 2.24) is 4.98 Å². The number of hydrogen-bond acceptors (Lipinski definition) is 3. The molecule has 1 aromatic carbocycles. The average molecular weight is 368 g/mol. The van der Waals surface area contributed by atoms with Crippen molar-refractivity contribution in [3.63, 3.8) is 0 Å². The number of aromatic nitrogens is 1. The van der Waals surface area contributed by atoms with E-state index in [2.05, 4.69) is 4.98 Å². The third-order valence-corrected chi connectivity index (χ3v) is 6.20. The van der Waals surface area contributed by atoms with E-state index in [0.717, 1.165) is 11.3 Å². The zero-order chi connectivity index (χ0) is 18.9. The molecule has 0 bridgehead atoms. The topological polar surface area (TPSA) is 65.2 Å². The van der Waals surface area contributed by atoms with Crippen LogP contribution in [0.1, 0.15) is 49.8 Å². The molecule has 0 atom stereocenters. The summed E-state index contributed by atoms with van der Waals surface area (Å²) in [5, 5.41) is 0. The largest absolute Gasteiger partial charge is 0.369 e. The van der Waals surface area contributed by atoms with Gasteiger partial charge in [0.05, 0.1) is 23.9 Å². The zero-order valence-corrected chi connectivity index (χ0v) is 15.4. The molecule has 0 unspecified atom stereocenters. The highest BCUT2D eigenvalue weighted by atomic mass is 19.1. The van der Waals surface area contributed by atoms with Crippen molar-refractivity contribution >= 4 is 5.91 Å². The molecule has 2 saturated carbocycles. The first-order valence-electron chi connectivity index (χ1n) is 9.66. The molecule has 2 fully saturated rings. The number of carbonyl (C=O) groups excluding carboxylic acids is 1. The van der Waals surface area contributed by atoms with Crippen LogP contribution in [0.4, 0.5) is 4.39 Å². The van der Waals surface area contributed by atoms with Gasteiger partial charge in [0.1, 0.15) is 11.4 Å². The molecular formula is C22H25FN2O2. The molecule has 2 N–H and O–H groups in total. The smallest absolute Gasteiger partial charge is 0.228 e. The number of ether oxygens (including phenoxy) is 1. The minimum Gasteiger partial charge on any atom is -0.369 e. The number of rotatable bonds is 6. The molecule has 1 heterocycles. The number of primary amides is 1. The normalized spacial score (nSPS) is 28.0. The van der Waals surface area contributed by atoms with E-state index in [4.69, 9.17) is 10.5 Å². The van der Waals surface area contributed by atoms with Gasteiger partial charge in [0.15, 0.2) is 0 Å². The summed E-state index contributed by atoms with van der Waals surface area (Å²) in [4.78, 5) is 16.8. The minimum absolute atomic E-state index is 0.295. The van der Waals surface area contributed by atoms with Crippen LogP contribution in [0, 0.1) is 11.7 Å². The Hall–Kier alpha value is -2.27. The molecule has 4 nitrogen and oxygen atoms in total. The summed E-state index contributed by atoms with van der Waals surface area (Å²) >= 11 is 0. The van der Waals surface area contributed by atoms with Gasteiger partial charge in [-0.15, -0.1) is 0 Å². The molecule has 142 valence electrons. The van der Waals surface area contributed by atoms with E-state index in [1.807, 2.05) is 30.3 Å². The molecule has 27 heavy (non-hydrogen) atoms. The van der Waals surface area contributed by atoms with Gasteiger partial charge in [-0.1, -0.05) is 30.3 Å². The number of nitrogens with zero attached hydrogens (tertiary/aromatic N) is 1. The van der Waals surface area contributed by atoms with Gasteiger partial charge in [0.25, 0.3) is 0 Å².